The fraction of sp³-hybridized carbons (Fsp3) is 0.625. The largest absolute Gasteiger partial charge is 0.330 e. The summed E-state index contributed by atoms with van der Waals surface area (Å²) in [7, 11) is 0. The molecule has 1 aliphatic carbocycles. The van der Waals surface area contributed by atoms with E-state index in [9.17, 15) is 0 Å². The van der Waals surface area contributed by atoms with Crippen LogP contribution in [0.4, 0.5) is 0 Å². The lowest BCUT2D eigenvalue weighted by Gasteiger charge is -2.36. The Balaban J connectivity index is 1.97. The second-order valence-electron chi connectivity index (χ2n) is 6.06. The molecule has 4 nitrogen and oxygen atoms in total. The summed E-state index contributed by atoms with van der Waals surface area (Å²) < 4.78 is 2.25. The molecule has 1 saturated carbocycles. The second kappa shape index (κ2) is 5.52. The van der Waals surface area contributed by atoms with Gasteiger partial charge in [-0.15, -0.1) is 0 Å². The van der Waals surface area contributed by atoms with E-state index in [2.05, 4.69) is 16.5 Å². The highest BCUT2D eigenvalue weighted by Crippen LogP contribution is 2.38. The normalized spacial score (nSPS) is 18.5. The predicted molar refractivity (Wildman–Crippen MR) is 81.5 cm³/mol. The molecule has 108 valence electrons. The van der Waals surface area contributed by atoms with Crippen molar-refractivity contribution >= 4 is 11.2 Å². The highest BCUT2D eigenvalue weighted by molar-refractivity contribution is 5.71. The summed E-state index contributed by atoms with van der Waals surface area (Å²) in [4.78, 5) is 9.30. The molecule has 0 spiro atoms. The molecule has 4 heteroatoms. The number of rotatable bonds is 4. The molecule has 0 aromatic carbocycles. The van der Waals surface area contributed by atoms with Crippen LogP contribution in [0.5, 0.6) is 0 Å². The zero-order valence-electron chi connectivity index (χ0n) is 12.3. The summed E-state index contributed by atoms with van der Waals surface area (Å²) in [6.07, 6.45) is 9.29. The highest BCUT2D eigenvalue weighted by Gasteiger charge is 2.32. The predicted octanol–water partition coefficient (Wildman–Crippen LogP) is 2.90. The average Bonchev–Trinajstić information content (AvgIpc) is 2.85. The van der Waals surface area contributed by atoms with Crippen molar-refractivity contribution in [3.8, 4) is 0 Å². The van der Waals surface area contributed by atoms with Crippen LogP contribution in [0.25, 0.3) is 11.2 Å². The molecule has 20 heavy (non-hydrogen) atoms. The maximum atomic E-state index is 6.12. The van der Waals surface area contributed by atoms with Crippen molar-refractivity contribution in [3.63, 3.8) is 0 Å². The lowest BCUT2D eigenvalue weighted by atomic mass is 9.71. The van der Waals surface area contributed by atoms with Crippen molar-refractivity contribution in [3.05, 3.63) is 24.2 Å². The van der Waals surface area contributed by atoms with E-state index < -0.39 is 0 Å². The van der Waals surface area contributed by atoms with Crippen LogP contribution in [0.3, 0.4) is 0 Å². The van der Waals surface area contributed by atoms with Gasteiger partial charge in [-0.2, -0.15) is 0 Å². The number of hydrogen-bond donors (Lipinski definition) is 1. The first-order valence-electron chi connectivity index (χ1n) is 7.78. The van der Waals surface area contributed by atoms with Gasteiger partial charge in [0.1, 0.15) is 11.3 Å². The van der Waals surface area contributed by atoms with Crippen LogP contribution in [-0.4, -0.2) is 21.1 Å². The van der Waals surface area contributed by atoms with Gasteiger partial charge < -0.3 is 10.3 Å². The summed E-state index contributed by atoms with van der Waals surface area (Å²) in [5.41, 5.74) is 8.39. The standard InChI is InChI=1S/C16H24N4/c1-2-20-14(19-13-7-6-10-18-15(13)20)11-16(12-17)8-4-3-5-9-16/h6-7,10H,2-5,8-9,11-12,17H2,1H3. The Bertz CT molecular complexity index is 581. The first-order chi connectivity index (χ1) is 9.78. The van der Waals surface area contributed by atoms with E-state index >= 15 is 0 Å². The average molecular weight is 272 g/mol. The zero-order valence-corrected chi connectivity index (χ0v) is 12.3. The van der Waals surface area contributed by atoms with Crippen molar-refractivity contribution < 1.29 is 0 Å². The number of hydrogen-bond acceptors (Lipinski definition) is 3. The van der Waals surface area contributed by atoms with Crippen LogP contribution in [-0.2, 0) is 13.0 Å². The van der Waals surface area contributed by atoms with Crippen LogP contribution in [0.1, 0.15) is 44.9 Å². The lowest BCUT2D eigenvalue weighted by molar-refractivity contribution is 0.192. The zero-order chi connectivity index (χ0) is 14.0. The molecular weight excluding hydrogens is 248 g/mol. The lowest BCUT2D eigenvalue weighted by Crippen LogP contribution is -2.35. The van der Waals surface area contributed by atoms with E-state index in [0.717, 1.165) is 36.5 Å². The van der Waals surface area contributed by atoms with Crippen molar-refractivity contribution in [2.24, 2.45) is 11.1 Å². The molecule has 0 atom stereocenters. The van der Waals surface area contributed by atoms with E-state index in [-0.39, 0.29) is 5.41 Å². The molecular formula is C16H24N4. The molecule has 2 aromatic heterocycles. The van der Waals surface area contributed by atoms with Crippen LogP contribution in [0, 0.1) is 5.41 Å². The summed E-state index contributed by atoms with van der Waals surface area (Å²) >= 11 is 0. The minimum absolute atomic E-state index is 0.256. The van der Waals surface area contributed by atoms with Gasteiger partial charge in [0.15, 0.2) is 5.65 Å². The molecule has 3 rings (SSSR count). The fourth-order valence-electron chi connectivity index (χ4n) is 3.56. The molecule has 0 bridgehead atoms. The van der Waals surface area contributed by atoms with Crippen LogP contribution in [0.15, 0.2) is 18.3 Å². The molecule has 0 saturated heterocycles. The van der Waals surface area contributed by atoms with Crippen LogP contribution >= 0.6 is 0 Å². The van der Waals surface area contributed by atoms with E-state index in [1.807, 2.05) is 18.3 Å². The van der Waals surface area contributed by atoms with Crippen LogP contribution in [0.2, 0.25) is 0 Å². The summed E-state index contributed by atoms with van der Waals surface area (Å²) in [5.74, 6) is 1.16. The quantitative estimate of drug-likeness (QED) is 0.931. The molecule has 1 fully saturated rings. The maximum absolute atomic E-state index is 6.12. The van der Waals surface area contributed by atoms with Gasteiger partial charge in [0.2, 0.25) is 0 Å². The molecule has 2 aromatic rings. The molecule has 0 unspecified atom stereocenters. The van der Waals surface area contributed by atoms with E-state index in [1.54, 1.807) is 0 Å². The Morgan fingerprint density at radius 1 is 1.30 bits per heavy atom. The van der Waals surface area contributed by atoms with Crippen molar-refractivity contribution in [2.75, 3.05) is 6.54 Å². The minimum atomic E-state index is 0.256. The second-order valence-corrected chi connectivity index (χ2v) is 6.06. The summed E-state index contributed by atoms with van der Waals surface area (Å²) in [5, 5.41) is 0. The number of fused-ring (bicyclic) bond motifs is 1. The Hall–Kier alpha value is -1.42. The monoisotopic (exact) mass is 272 g/mol. The number of nitrogens with two attached hydrogens (primary N) is 1. The SMILES string of the molecule is CCn1c(CC2(CN)CCCCC2)nc2cccnc21. The number of aromatic nitrogens is 3. The van der Waals surface area contributed by atoms with E-state index in [1.165, 1.54) is 32.1 Å². The fourth-order valence-corrected chi connectivity index (χ4v) is 3.56. The van der Waals surface area contributed by atoms with Gasteiger partial charge in [-0.3, -0.25) is 0 Å². The Morgan fingerprint density at radius 3 is 2.80 bits per heavy atom. The van der Waals surface area contributed by atoms with Crippen molar-refractivity contribution in [1.82, 2.24) is 14.5 Å². The van der Waals surface area contributed by atoms with Gasteiger partial charge in [0.05, 0.1) is 0 Å². The first kappa shape index (κ1) is 13.6. The van der Waals surface area contributed by atoms with Gasteiger partial charge in [-0.1, -0.05) is 19.3 Å². The third-order valence-electron chi connectivity index (χ3n) is 4.78. The highest BCUT2D eigenvalue weighted by atomic mass is 15.1. The Labute approximate surface area is 120 Å². The first-order valence-corrected chi connectivity index (χ1v) is 7.78. The van der Waals surface area contributed by atoms with Gasteiger partial charge >= 0.3 is 0 Å². The third-order valence-corrected chi connectivity index (χ3v) is 4.78. The van der Waals surface area contributed by atoms with E-state index in [0.29, 0.717) is 0 Å². The summed E-state index contributed by atoms with van der Waals surface area (Å²) in [6.45, 7) is 3.85. The smallest absolute Gasteiger partial charge is 0.159 e. The maximum Gasteiger partial charge on any atom is 0.159 e. The number of imidazole rings is 1. The molecule has 2 heterocycles. The van der Waals surface area contributed by atoms with Crippen LogP contribution < -0.4 is 5.73 Å². The number of pyridine rings is 1. The molecule has 0 radical (unpaired) electrons. The topological polar surface area (TPSA) is 56.7 Å². The minimum Gasteiger partial charge on any atom is -0.330 e. The van der Waals surface area contributed by atoms with Gasteiger partial charge in [0.25, 0.3) is 0 Å². The van der Waals surface area contributed by atoms with Gasteiger partial charge in [0, 0.05) is 19.2 Å². The summed E-state index contributed by atoms with van der Waals surface area (Å²) in [6, 6.07) is 4.01. The number of nitrogens with zero attached hydrogens (tertiary/aromatic N) is 3. The molecule has 1 aliphatic rings. The van der Waals surface area contributed by atoms with Gasteiger partial charge in [-0.25, -0.2) is 9.97 Å². The molecule has 0 amide bonds. The van der Waals surface area contributed by atoms with Gasteiger partial charge in [-0.05, 0) is 43.9 Å². The molecule has 2 N–H and O–H groups in total. The molecule has 0 aliphatic heterocycles. The van der Waals surface area contributed by atoms with Crippen molar-refractivity contribution in [2.45, 2.75) is 52.0 Å². The third kappa shape index (κ3) is 2.33. The Morgan fingerprint density at radius 2 is 2.10 bits per heavy atom. The Kier molecular flexibility index (Phi) is 3.74. The van der Waals surface area contributed by atoms with Crippen molar-refractivity contribution in [1.29, 1.82) is 0 Å². The number of aryl methyl sites for hydroxylation is 1. The van der Waals surface area contributed by atoms with E-state index in [4.69, 9.17) is 10.7 Å².